The van der Waals surface area contributed by atoms with E-state index in [0.717, 1.165) is 12.8 Å². The molecule has 1 aliphatic rings. The van der Waals surface area contributed by atoms with E-state index < -0.39 is 10.0 Å². The van der Waals surface area contributed by atoms with Crippen molar-refractivity contribution in [3.63, 3.8) is 0 Å². The van der Waals surface area contributed by atoms with Gasteiger partial charge in [-0.3, -0.25) is 0 Å². The molecule has 1 aliphatic carbocycles. The number of sulfonamides is 1. The third kappa shape index (κ3) is 3.55. The van der Waals surface area contributed by atoms with Gasteiger partial charge in [-0.05, 0) is 62.2 Å². The summed E-state index contributed by atoms with van der Waals surface area (Å²) in [6, 6.07) is 3.19. The predicted octanol–water partition coefficient (Wildman–Crippen LogP) is 3.65. The molecular weight excluding hydrogens is 408 g/mol. The van der Waals surface area contributed by atoms with Gasteiger partial charge in [0.15, 0.2) is 0 Å². The Hall–Kier alpha value is -0.110. The van der Waals surface area contributed by atoms with E-state index in [1.807, 2.05) is 0 Å². The number of hydrogen-bond donors (Lipinski definition) is 2. The van der Waals surface area contributed by atoms with E-state index in [4.69, 9.17) is 5.73 Å². The summed E-state index contributed by atoms with van der Waals surface area (Å²) >= 11 is 6.54. The molecule has 0 spiro atoms. The van der Waals surface area contributed by atoms with Gasteiger partial charge in [-0.2, -0.15) is 0 Å². The van der Waals surface area contributed by atoms with Gasteiger partial charge in [0, 0.05) is 21.2 Å². The molecule has 0 amide bonds. The minimum absolute atomic E-state index is 0.0693. The van der Waals surface area contributed by atoms with E-state index in [9.17, 15) is 8.42 Å². The Morgan fingerprint density at radius 1 is 1.25 bits per heavy atom. The van der Waals surface area contributed by atoms with E-state index >= 15 is 0 Å². The van der Waals surface area contributed by atoms with E-state index in [1.165, 1.54) is 12.8 Å². The molecule has 112 valence electrons. The summed E-state index contributed by atoms with van der Waals surface area (Å²) in [6.45, 7) is 2.61. The van der Waals surface area contributed by atoms with E-state index in [2.05, 4.69) is 43.5 Å². The zero-order valence-electron chi connectivity index (χ0n) is 11.2. The zero-order valence-corrected chi connectivity index (χ0v) is 15.2. The molecule has 1 aromatic carbocycles. The molecule has 4 nitrogen and oxygen atoms in total. The molecule has 20 heavy (non-hydrogen) atoms. The highest BCUT2D eigenvalue weighted by Crippen LogP contribution is 2.38. The second kappa shape index (κ2) is 5.94. The van der Waals surface area contributed by atoms with Gasteiger partial charge in [0.2, 0.25) is 10.0 Å². The van der Waals surface area contributed by atoms with Crippen LogP contribution in [0.3, 0.4) is 0 Å². The molecule has 1 fully saturated rings. The lowest BCUT2D eigenvalue weighted by Crippen LogP contribution is -2.34. The molecule has 0 atom stereocenters. The first-order valence-corrected chi connectivity index (χ1v) is 9.55. The SMILES string of the molecule is CC1(CNS(=O)(=O)c2c(Br)cc(N)cc2Br)CCCC1. The normalized spacial score (nSPS) is 18.4. The van der Waals surface area contributed by atoms with Crippen LogP contribution >= 0.6 is 31.9 Å². The fraction of sp³-hybridized carbons (Fsp3) is 0.538. The lowest BCUT2D eigenvalue weighted by Gasteiger charge is -2.24. The minimum Gasteiger partial charge on any atom is -0.399 e. The average Bonchev–Trinajstić information content (AvgIpc) is 2.73. The highest BCUT2D eigenvalue weighted by molar-refractivity contribution is 9.11. The zero-order chi connectivity index (χ0) is 15.0. The van der Waals surface area contributed by atoms with Crippen LogP contribution in [0.4, 0.5) is 5.69 Å². The van der Waals surface area contributed by atoms with Crippen LogP contribution in [-0.4, -0.2) is 15.0 Å². The van der Waals surface area contributed by atoms with Crippen LogP contribution in [0.25, 0.3) is 0 Å². The van der Waals surface area contributed by atoms with Crippen molar-refractivity contribution in [3.05, 3.63) is 21.1 Å². The minimum atomic E-state index is -3.56. The maximum Gasteiger partial charge on any atom is 0.242 e. The van der Waals surface area contributed by atoms with Crippen LogP contribution < -0.4 is 10.5 Å². The quantitative estimate of drug-likeness (QED) is 0.723. The van der Waals surface area contributed by atoms with Crippen LogP contribution in [0.1, 0.15) is 32.6 Å². The first-order chi connectivity index (χ1) is 9.23. The van der Waals surface area contributed by atoms with Crippen LogP contribution in [0, 0.1) is 5.41 Å². The molecule has 1 saturated carbocycles. The summed E-state index contributed by atoms with van der Waals surface area (Å²) in [5, 5.41) is 0. The average molecular weight is 426 g/mol. The molecule has 0 bridgehead atoms. The number of halogens is 2. The van der Waals surface area contributed by atoms with Crippen molar-refractivity contribution in [2.75, 3.05) is 12.3 Å². The number of nitrogen functional groups attached to an aromatic ring is 1. The Labute approximate surface area is 136 Å². The van der Waals surface area contributed by atoms with Crippen LogP contribution in [0.15, 0.2) is 26.0 Å². The first kappa shape index (κ1) is 16.3. The van der Waals surface area contributed by atoms with Crippen LogP contribution in [0.2, 0.25) is 0 Å². The van der Waals surface area contributed by atoms with E-state index in [0.29, 0.717) is 21.2 Å². The predicted molar refractivity (Wildman–Crippen MR) is 88.0 cm³/mol. The maximum atomic E-state index is 12.5. The monoisotopic (exact) mass is 424 g/mol. The lowest BCUT2D eigenvalue weighted by atomic mass is 9.89. The van der Waals surface area contributed by atoms with Crippen molar-refractivity contribution in [3.8, 4) is 0 Å². The van der Waals surface area contributed by atoms with Gasteiger partial charge in [-0.1, -0.05) is 19.8 Å². The molecule has 0 unspecified atom stereocenters. The molecule has 0 aromatic heterocycles. The second-order valence-corrected chi connectivity index (χ2v) is 9.07. The van der Waals surface area contributed by atoms with Crippen molar-refractivity contribution in [2.45, 2.75) is 37.5 Å². The summed E-state index contributed by atoms with van der Waals surface area (Å²) in [7, 11) is -3.56. The Morgan fingerprint density at radius 2 is 1.75 bits per heavy atom. The number of anilines is 1. The number of hydrogen-bond acceptors (Lipinski definition) is 3. The number of rotatable bonds is 4. The van der Waals surface area contributed by atoms with Crippen molar-refractivity contribution in [1.29, 1.82) is 0 Å². The fourth-order valence-electron chi connectivity index (χ4n) is 2.58. The molecule has 7 heteroatoms. The third-order valence-corrected chi connectivity index (χ3v) is 7.07. The molecular formula is C13H18Br2N2O2S. The van der Waals surface area contributed by atoms with Crippen molar-refractivity contribution in [1.82, 2.24) is 4.72 Å². The van der Waals surface area contributed by atoms with Gasteiger partial charge in [-0.15, -0.1) is 0 Å². The van der Waals surface area contributed by atoms with Gasteiger partial charge < -0.3 is 5.73 Å². The third-order valence-electron chi connectivity index (χ3n) is 3.79. The standard InChI is InChI=1S/C13H18Br2N2O2S/c1-13(4-2-3-5-13)8-17-20(18,19)12-10(14)6-9(16)7-11(12)15/h6-7,17H,2-5,8,16H2,1H3. The summed E-state index contributed by atoms with van der Waals surface area (Å²) < 4.78 is 28.6. The van der Waals surface area contributed by atoms with Crippen molar-refractivity contribution < 1.29 is 8.42 Å². The topological polar surface area (TPSA) is 72.2 Å². The number of nitrogens with two attached hydrogens (primary N) is 1. The van der Waals surface area contributed by atoms with Crippen molar-refractivity contribution in [2.24, 2.45) is 5.41 Å². The number of benzene rings is 1. The fourth-order valence-corrected chi connectivity index (χ4v) is 6.40. The molecule has 3 N–H and O–H groups in total. The Kier molecular flexibility index (Phi) is 4.83. The molecule has 1 aromatic rings. The molecule has 0 heterocycles. The van der Waals surface area contributed by atoms with Gasteiger partial charge in [0.05, 0.1) is 0 Å². The Bertz CT molecular complexity index is 588. The van der Waals surface area contributed by atoms with E-state index in [-0.39, 0.29) is 10.3 Å². The molecule has 0 radical (unpaired) electrons. The van der Waals surface area contributed by atoms with Gasteiger partial charge >= 0.3 is 0 Å². The summed E-state index contributed by atoms with van der Waals surface area (Å²) in [6.07, 6.45) is 4.49. The maximum absolute atomic E-state index is 12.5. The summed E-state index contributed by atoms with van der Waals surface area (Å²) in [5.74, 6) is 0. The molecule has 2 rings (SSSR count). The van der Waals surface area contributed by atoms with Crippen LogP contribution in [0.5, 0.6) is 0 Å². The largest absolute Gasteiger partial charge is 0.399 e. The molecule has 0 saturated heterocycles. The van der Waals surface area contributed by atoms with E-state index in [1.54, 1.807) is 12.1 Å². The highest BCUT2D eigenvalue weighted by atomic mass is 79.9. The van der Waals surface area contributed by atoms with Crippen LogP contribution in [-0.2, 0) is 10.0 Å². The second-order valence-electron chi connectivity index (χ2n) is 5.66. The van der Waals surface area contributed by atoms with Gasteiger partial charge in [-0.25, -0.2) is 13.1 Å². The van der Waals surface area contributed by atoms with Crippen molar-refractivity contribution >= 4 is 47.6 Å². The molecule has 0 aliphatic heterocycles. The summed E-state index contributed by atoms with van der Waals surface area (Å²) in [5.41, 5.74) is 6.27. The van der Waals surface area contributed by atoms with Gasteiger partial charge in [0.1, 0.15) is 4.90 Å². The Morgan fingerprint density at radius 3 is 2.25 bits per heavy atom. The first-order valence-electron chi connectivity index (χ1n) is 6.48. The van der Waals surface area contributed by atoms with Gasteiger partial charge in [0.25, 0.3) is 0 Å². The Balaban J connectivity index is 2.23. The smallest absolute Gasteiger partial charge is 0.242 e. The lowest BCUT2D eigenvalue weighted by molar-refractivity contribution is 0.336. The summed E-state index contributed by atoms with van der Waals surface area (Å²) in [4.78, 5) is 0.202. The number of nitrogens with one attached hydrogen (secondary N) is 1. The highest BCUT2D eigenvalue weighted by Gasteiger charge is 2.31.